The van der Waals surface area contributed by atoms with Crippen LogP contribution in [0.2, 0.25) is 0 Å². The predicted molar refractivity (Wildman–Crippen MR) is 95.8 cm³/mol. The Balaban J connectivity index is 1.56. The first-order valence-electron chi connectivity index (χ1n) is 9.19. The van der Waals surface area contributed by atoms with Crippen LogP contribution in [0.25, 0.3) is 10.9 Å². The zero-order valence-corrected chi connectivity index (χ0v) is 14.0. The lowest BCUT2D eigenvalue weighted by Crippen LogP contribution is -2.42. The third-order valence-electron chi connectivity index (χ3n) is 5.91. The van der Waals surface area contributed by atoms with Crippen molar-refractivity contribution in [3.8, 4) is 5.88 Å². The number of hydrogen-bond donors (Lipinski definition) is 1. The zero-order valence-electron chi connectivity index (χ0n) is 14.0. The molecular weight excluding hydrogens is 302 g/mol. The molecule has 0 radical (unpaired) electrons. The molecule has 1 aromatic heterocycles. The number of nitroso groups, excluding NO2 is 1. The first-order chi connectivity index (χ1) is 11.8. The van der Waals surface area contributed by atoms with E-state index in [1.54, 1.807) is 0 Å². The average Bonchev–Trinajstić information content (AvgIpc) is 2.94. The molecule has 0 atom stereocenters. The van der Waals surface area contributed by atoms with Crippen molar-refractivity contribution in [3.05, 3.63) is 29.2 Å². The fourth-order valence-electron chi connectivity index (χ4n) is 4.65. The van der Waals surface area contributed by atoms with Crippen LogP contribution in [0.3, 0.4) is 0 Å². The van der Waals surface area contributed by atoms with Crippen molar-refractivity contribution < 1.29 is 5.11 Å². The maximum atomic E-state index is 11.2. The monoisotopic (exact) mass is 327 g/mol. The highest BCUT2D eigenvalue weighted by atomic mass is 16.3. The van der Waals surface area contributed by atoms with Gasteiger partial charge in [-0.1, -0.05) is 37.5 Å². The third-order valence-corrected chi connectivity index (χ3v) is 5.91. The Morgan fingerprint density at radius 1 is 0.958 bits per heavy atom. The van der Waals surface area contributed by atoms with Crippen LogP contribution in [0.15, 0.2) is 29.4 Å². The van der Waals surface area contributed by atoms with Crippen LogP contribution in [0.5, 0.6) is 5.88 Å². The third kappa shape index (κ3) is 2.61. The summed E-state index contributed by atoms with van der Waals surface area (Å²) in [5.41, 5.74) is 1.10. The van der Waals surface area contributed by atoms with Crippen LogP contribution < -0.4 is 0 Å². The van der Waals surface area contributed by atoms with Crippen molar-refractivity contribution in [1.29, 1.82) is 0 Å². The van der Waals surface area contributed by atoms with Crippen molar-refractivity contribution in [2.45, 2.75) is 57.0 Å². The highest BCUT2D eigenvalue weighted by molar-refractivity contribution is 5.95. The van der Waals surface area contributed by atoms with Crippen LogP contribution in [0.4, 0.5) is 5.69 Å². The van der Waals surface area contributed by atoms with E-state index in [1.165, 1.54) is 32.1 Å². The molecular formula is C19H25N3O2. The van der Waals surface area contributed by atoms with Gasteiger partial charge in [0.1, 0.15) is 0 Å². The molecule has 1 saturated carbocycles. The second kappa shape index (κ2) is 6.55. The molecule has 0 unspecified atom stereocenters. The number of benzene rings is 1. The Kier molecular flexibility index (Phi) is 4.27. The molecule has 4 rings (SSSR count). The van der Waals surface area contributed by atoms with E-state index in [9.17, 15) is 10.0 Å². The summed E-state index contributed by atoms with van der Waals surface area (Å²) in [5.74, 6) is 0.0299. The molecule has 2 aromatic rings. The number of piperidine rings is 1. The highest BCUT2D eigenvalue weighted by Crippen LogP contribution is 2.43. The summed E-state index contributed by atoms with van der Waals surface area (Å²) in [6, 6.07) is 8.65. The van der Waals surface area contributed by atoms with E-state index in [2.05, 4.69) is 10.1 Å². The van der Waals surface area contributed by atoms with Gasteiger partial charge in [-0.2, -0.15) is 0 Å². The molecule has 5 heteroatoms. The zero-order chi connectivity index (χ0) is 16.5. The fourth-order valence-corrected chi connectivity index (χ4v) is 4.65. The van der Waals surface area contributed by atoms with Gasteiger partial charge in [0.25, 0.3) is 0 Å². The molecule has 0 amide bonds. The summed E-state index contributed by atoms with van der Waals surface area (Å²) in [6.07, 6.45) is 8.81. The Labute approximate surface area is 142 Å². The Morgan fingerprint density at radius 3 is 2.38 bits per heavy atom. The SMILES string of the molecule is O=Nc1c(O)n(C2CCN(C3CCCCC3)CC2)c2ccccc12. The molecule has 0 bridgehead atoms. The summed E-state index contributed by atoms with van der Waals surface area (Å²) >= 11 is 0. The van der Waals surface area contributed by atoms with Crippen molar-refractivity contribution in [1.82, 2.24) is 9.47 Å². The van der Waals surface area contributed by atoms with Gasteiger partial charge in [0, 0.05) is 30.6 Å². The van der Waals surface area contributed by atoms with Gasteiger partial charge in [0.15, 0.2) is 5.69 Å². The minimum atomic E-state index is 0.0299. The van der Waals surface area contributed by atoms with E-state index in [1.807, 2.05) is 28.8 Å². The lowest BCUT2D eigenvalue weighted by Gasteiger charge is -2.39. The second-order valence-electron chi connectivity index (χ2n) is 7.21. The van der Waals surface area contributed by atoms with Gasteiger partial charge in [-0.3, -0.25) is 0 Å². The molecule has 2 fully saturated rings. The quantitative estimate of drug-likeness (QED) is 0.830. The topological polar surface area (TPSA) is 57.8 Å². The smallest absolute Gasteiger partial charge is 0.222 e. The summed E-state index contributed by atoms with van der Waals surface area (Å²) < 4.78 is 1.93. The molecule has 0 spiro atoms. The molecule has 128 valence electrons. The number of fused-ring (bicyclic) bond motifs is 1. The van der Waals surface area contributed by atoms with E-state index in [0.717, 1.165) is 42.9 Å². The van der Waals surface area contributed by atoms with E-state index in [4.69, 9.17) is 0 Å². The largest absolute Gasteiger partial charge is 0.493 e. The Bertz CT molecular complexity index is 726. The number of para-hydroxylation sites is 1. The van der Waals surface area contributed by atoms with E-state index >= 15 is 0 Å². The average molecular weight is 327 g/mol. The Morgan fingerprint density at radius 2 is 1.67 bits per heavy atom. The van der Waals surface area contributed by atoms with Gasteiger partial charge in [-0.15, -0.1) is 4.91 Å². The van der Waals surface area contributed by atoms with Crippen LogP contribution in [0, 0.1) is 4.91 Å². The number of aromatic hydroxyl groups is 1. The highest BCUT2D eigenvalue weighted by Gasteiger charge is 2.29. The summed E-state index contributed by atoms with van der Waals surface area (Å²) in [5, 5.41) is 14.4. The molecule has 2 heterocycles. The number of aromatic nitrogens is 1. The van der Waals surface area contributed by atoms with E-state index in [-0.39, 0.29) is 17.6 Å². The normalized spacial score (nSPS) is 21.3. The Hall–Kier alpha value is -1.88. The first-order valence-corrected chi connectivity index (χ1v) is 9.19. The number of likely N-dealkylation sites (tertiary alicyclic amines) is 1. The molecule has 1 saturated heterocycles. The van der Waals surface area contributed by atoms with E-state index < -0.39 is 0 Å². The minimum absolute atomic E-state index is 0.0299. The number of rotatable bonds is 3. The van der Waals surface area contributed by atoms with Gasteiger partial charge < -0.3 is 14.6 Å². The predicted octanol–water partition coefficient (Wildman–Crippen LogP) is 4.71. The van der Waals surface area contributed by atoms with Crippen LogP contribution in [-0.2, 0) is 0 Å². The molecule has 1 N–H and O–H groups in total. The summed E-state index contributed by atoms with van der Waals surface area (Å²) in [6.45, 7) is 2.15. The molecule has 1 aliphatic heterocycles. The standard InChI is InChI=1S/C19H25N3O2/c23-19-18(20-24)16-8-4-5-9-17(16)22(19)15-10-12-21(13-11-15)14-6-2-1-3-7-14/h4-5,8-9,14-15,23H,1-3,6-7,10-13H2. The van der Waals surface area contributed by atoms with Gasteiger partial charge in [-0.25, -0.2) is 0 Å². The summed E-state index contributed by atoms with van der Waals surface area (Å²) in [7, 11) is 0. The van der Waals surface area contributed by atoms with Crippen molar-refractivity contribution >= 4 is 16.6 Å². The minimum Gasteiger partial charge on any atom is -0.493 e. The van der Waals surface area contributed by atoms with Gasteiger partial charge in [-0.05, 0) is 36.9 Å². The molecule has 1 aromatic carbocycles. The van der Waals surface area contributed by atoms with Crippen LogP contribution >= 0.6 is 0 Å². The first kappa shape index (κ1) is 15.6. The maximum absolute atomic E-state index is 11.2. The summed E-state index contributed by atoms with van der Waals surface area (Å²) in [4.78, 5) is 13.8. The van der Waals surface area contributed by atoms with Crippen LogP contribution in [-0.4, -0.2) is 33.7 Å². The van der Waals surface area contributed by atoms with Gasteiger partial charge in [0.2, 0.25) is 5.88 Å². The molecule has 24 heavy (non-hydrogen) atoms. The van der Waals surface area contributed by atoms with Crippen molar-refractivity contribution in [2.24, 2.45) is 5.18 Å². The maximum Gasteiger partial charge on any atom is 0.222 e. The van der Waals surface area contributed by atoms with Gasteiger partial charge in [0.05, 0.1) is 5.52 Å². The molecule has 2 aliphatic rings. The van der Waals surface area contributed by atoms with Crippen molar-refractivity contribution in [3.63, 3.8) is 0 Å². The fraction of sp³-hybridized carbons (Fsp3) is 0.579. The lowest BCUT2D eigenvalue weighted by atomic mass is 9.92. The molecule has 5 nitrogen and oxygen atoms in total. The number of nitrogens with zero attached hydrogens (tertiary/aromatic N) is 3. The van der Waals surface area contributed by atoms with Crippen LogP contribution in [0.1, 0.15) is 51.0 Å². The number of hydrogen-bond acceptors (Lipinski definition) is 4. The van der Waals surface area contributed by atoms with Gasteiger partial charge >= 0.3 is 0 Å². The van der Waals surface area contributed by atoms with E-state index in [0.29, 0.717) is 0 Å². The lowest BCUT2D eigenvalue weighted by molar-refractivity contribution is 0.108. The van der Waals surface area contributed by atoms with Crippen molar-refractivity contribution in [2.75, 3.05) is 13.1 Å². The second-order valence-corrected chi connectivity index (χ2v) is 7.21. The molecule has 1 aliphatic carbocycles.